The van der Waals surface area contributed by atoms with Gasteiger partial charge in [0.1, 0.15) is 11.3 Å². The van der Waals surface area contributed by atoms with E-state index >= 15 is 0 Å². The van der Waals surface area contributed by atoms with Crippen LogP contribution < -0.4 is 16.0 Å². The minimum atomic E-state index is -3.77. The Kier molecular flexibility index (Phi) is 8.17. The summed E-state index contributed by atoms with van der Waals surface area (Å²) in [6, 6.07) is 4.70. The van der Waals surface area contributed by atoms with E-state index in [2.05, 4.69) is 16.8 Å². The lowest BCUT2D eigenvalue weighted by atomic mass is 10.1. The molecule has 1 aliphatic heterocycles. The minimum absolute atomic E-state index is 0.116. The number of halogens is 1. The molecule has 1 aromatic carbocycles. The minimum Gasteiger partial charge on any atom is -0.493 e. The maximum atomic E-state index is 13.6. The molecule has 3 aromatic rings. The largest absolute Gasteiger partial charge is 0.493 e. The molecule has 1 aliphatic rings. The van der Waals surface area contributed by atoms with Crippen molar-refractivity contribution >= 4 is 32.7 Å². The smallest absolute Gasteiger partial charge is 0.331 e. The Balaban J connectivity index is 1.90. The van der Waals surface area contributed by atoms with E-state index in [1.807, 2.05) is 13.8 Å². The number of sulfonamides is 1. The number of hydrogen-bond acceptors (Lipinski definition) is 6. The molecular weight excluding hydrogens is 518 g/mol. The summed E-state index contributed by atoms with van der Waals surface area (Å²) in [5.74, 6) is 0.436. The first kappa shape index (κ1) is 27.4. The first-order valence-corrected chi connectivity index (χ1v) is 14.5. The van der Waals surface area contributed by atoms with Gasteiger partial charge in [0.05, 0.1) is 27.7 Å². The number of H-pyrrole nitrogens is 1. The number of rotatable bonds is 9. The molecule has 0 unspecified atom stereocenters. The van der Waals surface area contributed by atoms with Crippen LogP contribution in [0.5, 0.6) is 5.75 Å². The summed E-state index contributed by atoms with van der Waals surface area (Å²) >= 11 is 6.82. The summed E-state index contributed by atoms with van der Waals surface area (Å²) in [6.07, 6.45) is 1.41. The van der Waals surface area contributed by atoms with Crippen LogP contribution in [0.15, 0.2) is 32.7 Å². The van der Waals surface area contributed by atoms with Gasteiger partial charge in [-0.05, 0) is 37.6 Å². The Labute approximate surface area is 221 Å². The second-order valence-corrected chi connectivity index (χ2v) is 11.5. The van der Waals surface area contributed by atoms with Crippen LogP contribution in [0.2, 0.25) is 5.02 Å². The van der Waals surface area contributed by atoms with Gasteiger partial charge < -0.3 is 14.6 Å². The van der Waals surface area contributed by atoms with Crippen molar-refractivity contribution in [2.75, 3.05) is 39.3 Å². The monoisotopic (exact) mass is 551 g/mol. The third kappa shape index (κ3) is 4.97. The highest BCUT2D eigenvalue weighted by Crippen LogP contribution is 2.39. The molecule has 1 fully saturated rings. The number of likely N-dealkylation sites (N-methyl/N-ethyl adjacent to an activating group) is 1. The van der Waals surface area contributed by atoms with E-state index in [4.69, 9.17) is 16.3 Å². The molecule has 0 amide bonds. The van der Waals surface area contributed by atoms with Crippen LogP contribution in [0, 0.1) is 0 Å². The van der Waals surface area contributed by atoms with Gasteiger partial charge in [-0.2, -0.15) is 4.31 Å². The number of benzene rings is 1. The second-order valence-electron chi connectivity index (χ2n) is 9.18. The predicted molar refractivity (Wildman–Crippen MR) is 145 cm³/mol. The van der Waals surface area contributed by atoms with Crippen LogP contribution in [0.1, 0.15) is 33.6 Å². The first-order valence-electron chi connectivity index (χ1n) is 12.7. The number of aryl methyl sites for hydroxylation is 1. The number of aromatic amines is 1. The summed E-state index contributed by atoms with van der Waals surface area (Å²) in [5, 5.41) is 0.172. The number of hydrogen-bond donors (Lipinski definition) is 1. The molecule has 4 rings (SSSR count). The Morgan fingerprint density at radius 2 is 1.76 bits per heavy atom. The maximum Gasteiger partial charge on any atom is 0.331 e. The molecule has 3 heterocycles. The van der Waals surface area contributed by atoms with E-state index in [-0.39, 0.29) is 15.4 Å². The van der Waals surface area contributed by atoms with Gasteiger partial charge >= 0.3 is 5.69 Å². The van der Waals surface area contributed by atoms with E-state index in [1.54, 1.807) is 12.1 Å². The fourth-order valence-electron chi connectivity index (χ4n) is 4.66. The van der Waals surface area contributed by atoms with Gasteiger partial charge in [0.25, 0.3) is 5.56 Å². The number of aromatic nitrogens is 3. The fraction of sp³-hybridized carbons (Fsp3) is 0.520. The maximum absolute atomic E-state index is 13.6. The fourth-order valence-corrected chi connectivity index (χ4v) is 6.46. The van der Waals surface area contributed by atoms with Gasteiger partial charge in [0.15, 0.2) is 0 Å². The highest BCUT2D eigenvalue weighted by molar-refractivity contribution is 7.89. The predicted octanol–water partition coefficient (Wildman–Crippen LogP) is 2.87. The average molecular weight is 552 g/mol. The van der Waals surface area contributed by atoms with Crippen LogP contribution >= 0.6 is 11.6 Å². The third-order valence-electron chi connectivity index (χ3n) is 6.77. The number of fused-ring (bicyclic) bond motifs is 1. The topological polar surface area (TPSA) is 110 Å². The quantitative estimate of drug-likeness (QED) is 0.438. The molecule has 0 atom stereocenters. The first-order chi connectivity index (χ1) is 17.6. The molecule has 1 N–H and O–H groups in total. The number of piperazine rings is 1. The molecule has 1 saturated heterocycles. The molecule has 12 heteroatoms. The van der Waals surface area contributed by atoms with Crippen molar-refractivity contribution in [1.82, 2.24) is 23.3 Å². The zero-order chi connectivity index (χ0) is 26.9. The summed E-state index contributed by atoms with van der Waals surface area (Å²) in [5.41, 5.74) is 0.271. The van der Waals surface area contributed by atoms with Gasteiger partial charge in [-0.25, -0.2) is 13.2 Å². The lowest BCUT2D eigenvalue weighted by Gasteiger charge is -2.33. The molecule has 202 valence electrons. The molecule has 10 nitrogen and oxygen atoms in total. The van der Waals surface area contributed by atoms with E-state index in [0.717, 1.165) is 17.5 Å². The van der Waals surface area contributed by atoms with E-state index in [1.165, 1.54) is 22.0 Å². The van der Waals surface area contributed by atoms with Crippen LogP contribution in [0.25, 0.3) is 22.3 Å². The molecule has 0 saturated carbocycles. The average Bonchev–Trinajstić information content (AvgIpc) is 3.25. The highest BCUT2D eigenvalue weighted by Gasteiger charge is 2.30. The van der Waals surface area contributed by atoms with E-state index in [9.17, 15) is 18.0 Å². The van der Waals surface area contributed by atoms with E-state index < -0.39 is 21.3 Å². The molecule has 37 heavy (non-hydrogen) atoms. The van der Waals surface area contributed by atoms with Crippen LogP contribution in [-0.4, -0.2) is 71.1 Å². The lowest BCUT2D eigenvalue weighted by molar-refractivity contribution is 0.196. The Morgan fingerprint density at radius 3 is 2.38 bits per heavy atom. The third-order valence-corrected chi connectivity index (χ3v) is 9.03. The molecule has 0 aliphatic carbocycles. The number of nitrogens with one attached hydrogen (secondary N) is 1. The summed E-state index contributed by atoms with van der Waals surface area (Å²) < 4.78 is 37.1. The number of nitrogens with zero attached hydrogens (tertiary/aromatic N) is 4. The Bertz CT molecular complexity index is 1520. The van der Waals surface area contributed by atoms with Crippen molar-refractivity contribution in [1.29, 1.82) is 0 Å². The van der Waals surface area contributed by atoms with Gasteiger partial charge in [-0.1, -0.05) is 32.4 Å². The van der Waals surface area contributed by atoms with Gasteiger partial charge in [0, 0.05) is 45.3 Å². The van der Waals surface area contributed by atoms with Gasteiger partial charge in [0.2, 0.25) is 10.0 Å². The molecule has 0 radical (unpaired) electrons. The van der Waals surface area contributed by atoms with Crippen molar-refractivity contribution in [3.05, 3.63) is 44.1 Å². The van der Waals surface area contributed by atoms with Gasteiger partial charge in [-0.15, -0.1) is 0 Å². The summed E-state index contributed by atoms with van der Waals surface area (Å²) in [4.78, 5) is 31.2. The van der Waals surface area contributed by atoms with Crippen molar-refractivity contribution in [3.63, 3.8) is 0 Å². The van der Waals surface area contributed by atoms with Crippen molar-refractivity contribution in [2.24, 2.45) is 7.05 Å². The van der Waals surface area contributed by atoms with Crippen molar-refractivity contribution in [2.45, 2.75) is 45.1 Å². The molecule has 0 spiro atoms. The van der Waals surface area contributed by atoms with Crippen molar-refractivity contribution in [3.8, 4) is 17.0 Å². The number of ether oxygens (including phenoxy) is 1. The molecule has 0 bridgehead atoms. The van der Waals surface area contributed by atoms with Crippen LogP contribution in [0.3, 0.4) is 0 Å². The summed E-state index contributed by atoms with van der Waals surface area (Å²) in [7, 11) is -2.35. The molecular formula is C25H34ClN5O5S. The molecule has 2 aromatic heterocycles. The van der Waals surface area contributed by atoms with Crippen LogP contribution in [-0.2, 0) is 23.6 Å². The van der Waals surface area contributed by atoms with Crippen LogP contribution in [0.4, 0.5) is 0 Å². The normalized spacial score (nSPS) is 15.5. The second kappa shape index (κ2) is 11.0. The van der Waals surface area contributed by atoms with Crippen molar-refractivity contribution < 1.29 is 13.2 Å². The standard InChI is InChI=1S/C25H34ClN5O5S/c1-5-10-31-23-20(26)21(27-22(23)24(32)28(4)25(31)33)18-16-17(8-9-19(18)36-15-6-2)37(34,35)30-13-11-29(7-3)12-14-30/h8-9,16,27H,5-7,10-15H2,1-4H3. The zero-order valence-electron chi connectivity index (χ0n) is 21.7. The zero-order valence-corrected chi connectivity index (χ0v) is 23.3. The Morgan fingerprint density at radius 1 is 1.05 bits per heavy atom. The van der Waals surface area contributed by atoms with Gasteiger partial charge in [-0.3, -0.25) is 13.9 Å². The SMILES string of the molecule is CCCOc1ccc(S(=O)(=O)N2CCN(CC)CC2)cc1-c1[nH]c2c(=O)n(C)c(=O)n(CCC)c2c1Cl. The highest BCUT2D eigenvalue weighted by atomic mass is 35.5. The lowest BCUT2D eigenvalue weighted by Crippen LogP contribution is -2.48. The van der Waals surface area contributed by atoms with E-state index in [0.29, 0.717) is 68.3 Å². The summed E-state index contributed by atoms with van der Waals surface area (Å²) in [6.45, 7) is 9.78. The Hall–Kier alpha value is -2.60.